The summed E-state index contributed by atoms with van der Waals surface area (Å²) in [7, 11) is 1.39. The van der Waals surface area contributed by atoms with E-state index >= 15 is 0 Å². The van der Waals surface area contributed by atoms with Gasteiger partial charge in [0.05, 0.1) is 20.1 Å². The molecule has 0 aromatic heterocycles. The van der Waals surface area contributed by atoms with E-state index in [-0.39, 0.29) is 12.3 Å². The Morgan fingerprint density at radius 3 is 3.00 bits per heavy atom. The van der Waals surface area contributed by atoms with Crippen LogP contribution in [0.25, 0.3) is 0 Å². The molecule has 1 saturated heterocycles. The van der Waals surface area contributed by atoms with Gasteiger partial charge >= 0.3 is 5.97 Å². The van der Waals surface area contributed by atoms with Gasteiger partial charge in [0, 0.05) is 6.61 Å². The summed E-state index contributed by atoms with van der Waals surface area (Å²) in [5.41, 5.74) is 0. The first kappa shape index (κ1) is 13.2. The van der Waals surface area contributed by atoms with Crippen molar-refractivity contribution < 1.29 is 19.0 Å². The van der Waals surface area contributed by atoms with E-state index in [9.17, 15) is 4.79 Å². The molecule has 1 heterocycles. The SMILES string of the molecule is COC(=O)C/C=C\CCOC1CCCCO1. The lowest BCUT2D eigenvalue weighted by molar-refractivity contribution is -0.161. The second-order valence-electron chi connectivity index (χ2n) is 3.71. The molecular weight excluding hydrogens is 208 g/mol. The van der Waals surface area contributed by atoms with Crippen molar-refractivity contribution in [3.05, 3.63) is 12.2 Å². The second-order valence-corrected chi connectivity index (χ2v) is 3.71. The molecule has 4 heteroatoms. The number of carbonyl (C=O) groups excluding carboxylic acids is 1. The fraction of sp³-hybridized carbons (Fsp3) is 0.750. The molecule has 0 aromatic carbocycles. The highest BCUT2D eigenvalue weighted by atomic mass is 16.7. The lowest BCUT2D eigenvalue weighted by Gasteiger charge is -2.22. The Labute approximate surface area is 96.6 Å². The third kappa shape index (κ3) is 5.88. The number of methoxy groups -OCH3 is 1. The maximum absolute atomic E-state index is 10.8. The van der Waals surface area contributed by atoms with Gasteiger partial charge in [-0.15, -0.1) is 0 Å². The van der Waals surface area contributed by atoms with Gasteiger partial charge < -0.3 is 14.2 Å². The summed E-state index contributed by atoms with van der Waals surface area (Å²) in [6.45, 7) is 1.45. The number of esters is 1. The lowest BCUT2D eigenvalue weighted by Crippen LogP contribution is -2.22. The van der Waals surface area contributed by atoms with Gasteiger partial charge in [-0.3, -0.25) is 4.79 Å². The highest BCUT2D eigenvalue weighted by Crippen LogP contribution is 2.13. The first-order valence-electron chi connectivity index (χ1n) is 5.78. The Kier molecular flexibility index (Phi) is 6.85. The predicted molar refractivity (Wildman–Crippen MR) is 59.9 cm³/mol. The zero-order valence-electron chi connectivity index (χ0n) is 9.81. The minimum Gasteiger partial charge on any atom is -0.469 e. The monoisotopic (exact) mass is 228 g/mol. The molecule has 0 saturated carbocycles. The lowest BCUT2D eigenvalue weighted by atomic mass is 10.2. The summed E-state index contributed by atoms with van der Waals surface area (Å²) < 4.78 is 15.5. The van der Waals surface area contributed by atoms with E-state index in [2.05, 4.69) is 4.74 Å². The molecule has 0 bridgehead atoms. The fourth-order valence-electron chi connectivity index (χ4n) is 1.49. The summed E-state index contributed by atoms with van der Waals surface area (Å²) >= 11 is 0. The standard InChI is InChI=1S/C12H20O4/c1-14-11(13)7-3-2-5-9-15-12-8-4-6-10-16-12/h2-3,12H,4-10H2,1H3/b3-2-. The molecule has 1 atom stereocenters. The highest BCUT2D eigenvalue weighted by molar-refractivity contribution is 5.70. The van der Waals surface area contributed by atoms with Gasteiger partial charge in [-0.1, -0.05) is 12.2 Å². The van der Waals surface area contributed by atoms with Gasteiger partial charge in [-0.25, -0.2) is 0 Å². The topological polar surface area (TPSA) is 44.8 Å². The van der Waals surface area contributed by atoms with Crippen molar-refractivity contribution in [3.63, 3.8) is 0 Å². The van der Waals surface area contributed by atoms with Gasteiger partial charge in [-0.05, 0) is 25.7 Å². The zero-order valence-corrected chi connectivity index (χ0v) is 9.81. The van der Waals surface area contributed by atoms with Crippen LogP contribution in [0, 0.1) is 0 Å². The molecule has 1 fully saturated rings. The van der Waals surface area contributed by atoms with Gasteiger partial charge in [0.2, 0.25) is 0 Å². The Morgan fingerprint density at radius 2 is 2.31 bits per heavy atom. The van der Waals surface area contributed by atoms with Crippen LogP contribution in [0.3, 0.4) is 0 Å². The Hall–Kier alpha value is -0.870. The Bertz CT molecular complexity index is 219. The molecule has 0 radical (unpaired) electrons. The van der Waals surface area contributed by atoms with E-state index in [1.54, 1.807) is 6.08 Å². The normalized spacial score (nSPS) is 21.2. The molecule has 0 aromatic rings. The molecule has 0 aliphatic carbocycles. The molecule has 4 nitrogen and oxygen atoms in total. The van der Waals surface area contributed by atoms with Crippen LogP contribution in [0.15, 0.2) is 12.2 Å². The van der Waals surface area contributed by atoms with Crippen molar-refractivity contribution in [1.82, 2.24) is 0 Å². The Balaban J connectivity index is 1.96. The number of hydrogen-bond donors (Lipinski definition) is 0. The van der Waals surface area contributed by atoms with E-state index < -0.39 is 0 Å². The van der Waals surface area contributed by atoms with Gasteiger partial charge in [0.1, 0.15) is 0 Å². The predicted octanol–water partition coefficient (Wildman–Crippen LogP) is 2.04. The molecule has 16 heavy (non-hydrogen) atoms. The largest absolute Gasteiger partial charge is 0.469 e. The average Bonchev–Trinajstić information content (AvgIpc) is 2.34. The zero-order chi connectivity index (χ0) is 11.6. The summed E-state index contributed by atoms with van der Waals surface area (Å²) in [6.07, 6.45) is 8.15. The van der Waals surface area contributed by atoms with E-state index in [1.165, 1.54) is 13.5 Å². The van der Waals surface area contributed by atoms with E-state index in [1.807, 2.05) is 6.08 Å². The second kappa shape index (κ2) is 8.30. The maximum atomic E-state index is 10.8. The summed E-state index contributed by atoms with van der Waals surface area (Å²) in [4.78, 5) is 10.8. The summed E-state index contributed by atoms with van der Waals surface area (Å²) in [5, 5.41) is 0. The third-order valence-corrected chi connectivity index (χ3v) is 2.41. The van der Waals surface area contributed by atoms with Crippen LogP contribution in [-0.4, -0.2) is 32.6 Å². The van der Waals surface area contributed by atoms with Crippen LogP contribution in [-0.2, 0) is 19.0 Å². The van der Waals surface area contributed by atoms with Crippen molar-refractivity contribution in [2.45, 2.75) is 38.4 Å². The van der Waals surface area contributed by atoms with Crippen LogP contribution in [0.2, 0.25) is 0 Å². The van der Waals surface area contributed by atoms with Crippen LogP contribution >= 0.6 is 0 Å². The number of hydrogen-bond acceptors (Lipinski definition) is 4. The van der Waals surface area contributed by atoms with Gasteiger partial charge in [0.15, 0.2) is 6.29 Å². The van der Waals surface area contributed by atoms with Crippen LogP contribution in [0.1, 0.15) is 32.1 Å². The summed E-state index contributed by atoms with van der Waals surface area (Å²) in [5.74, 6) is -0.215. The average molecular weight is 228 g/mol. The van der Waals surface area contributed by atoms with Crippen LogP contribution in [0.4, 0.5) is 0 Å². The van der Waals surface area contributed by atoms with E-state index in [0.717, 1.165) is 25.9 Å². The molecular formula is C12H20O4. The fourth-order valence-corrected chi connectivity index (χ4v) is 1.49. The number of carbonyl (C=O) groups is 1. The molecule has 0 spiro atoms. The Morgan fingerprint density at radius 1 is 1.44 bits per heavy atom. The molecule has 1 aliphatic rings. The third-order valence-electron chi connectivity index (χ3n) is 2.41. The molecule has 1 aliphatic heterocycles. The minimum absolute atomic E-state index is 0.0252. The van der Waals surface area contributed by atoms with Crippen molar-refractivity contribution in [2.24, 2.45) is 0 Å². The van der Waals surface area contributed by atoms with Crippen LogP contribution < -0.4 is 0 Å². The highest BCUT2D eigenvalue weighted by Gasteiger charge is 2.12. The quantitative estimate of drug-likeness (QED) is 0.396. The van der Waals surface area contributed by atoms with Gasteiger partial charge in [-0.2, -0.15) is 0 Å². The number of ether oxygens (including phenoxy) is 3. The van der Waals surface area contributed by atoms with Gasteiger partial charge in [0.25, 0.3) is 0 Å². The first-order chi connectivity index (χ1) is 7.83. The molecule has 0 N–H and O–H groups in total. The van der Waals surface area contributed by atoms with Crippen molar-refractivity contribution in [3.8, 4) is 0 Å². The van der Waals surface area contributed by atoms with Crippen molar-refractivity contribution >= 4 is 5.97 Å². The number of rotatable bonds is 6. The smallest absolute Gasteiger partial charge is 0.309 e. The van der Waals surface area contributed by atoms with Crippen LogP contribution in [0.5, 0.6) is 0 Å². The minimum atomic E-state index is -0.215. The maximum Gasteiger partial charge on any atom is 0.309 e. The first-order valence-corrected chi connectivity index (χ1v) is 5.78. The summed E-state index contributed by atoms with van der Waals surface area (Å²) in [6, 6.07) is 0. The molecule has 1 unspecified atom stereocenters. The molecule has 92 valence electrons. The molecule has 0 amide bonds. The van der Waals surface area contributed by atoms with Crippen molar-refractivity contribution in [1.29, 1.82) is 0 Å². The molecule has 1 rings (SSSR count). The van der Waals surface area contributed by atoms with E-state index in [0.29, 0.717) is 13.0 Å². The van der Waals surface area contributed by atoms with Crippen molar-refractivity contribution in [2.75, 3.05) is 20.3 Å². The van der Waals surface area contributed by atoms with E-state index in [4.69, 9.17) is 9.47 Å².